The number of amides is 1. The quantitative estimate of drug-likeness (QED) is 0.555. The van der Waals surface area contributed by atoms with Gasteiger partial charge in [-0.2, -0.15) is 0 Å². The van der Waals surface area contributed by atoms with Crippen molar-refractivity contribution in [3.63, 3.8) is 0 Å². The molecule has 0 radical (unpaired) electrons. The second-order valence-electron chi connectivity index (χ2n) is 6.77. The Hall–Kier alpha value is -1.82. The normalized spacial score (nSPS) is 22.8. The van der Waals surface area contributed by atoms with E-state index in [1.807, 2.05) is 12.1 Å². The van der Waals surface area contributed by atoms with Crippen molar-refractivity contribution in [2.24, 2.45) is 11.8 Å². The maximum absolute atomic E-state index is 12.0. The lowest BCUT2D eigenvalue weighted by Gasteiger charge is -2.34. The summed E-state index contributed by atoms with van der Waals surface area (Å²) in [6, 6.07) is 5.65. The Morgan fingerprint density at radius 3 is 2.81 bits per heavy atom. The van der Waals surface area contributed by atoms with E-state index in [2.05, 4.69) is 35.1 Å². The lowest BCUT2D eigenvalue weighted by atomic mass is 9.78. The Kier molecular flexibility index (Phi) is 7.69. The number of carbonyl (C=O) groups is 2. The molecule has 0 aromatic heterocycles. The van der Waals surface area contributed by atoms with Crippen LogP contribution in [0, 0.1) is 11.8 Å². The predicted octanol–water partition coefficient (Wildman–Crippen LogP) is 3.96. The van der Waals surface area contributed by atoms with Crippen LogP contribution >= 0.6 is 15.9 Å². The molecule has 1 saturated carbocycles. The van der Waals surface area contributed by atoms with Gasteiger partial charge < -0.3 is 14.8 Å². The SMILES string of the molecule is COc1ccc(Br)cc1/C=C/C(=O)OCC(=O)N[C@@H]1CCC[C@H](C)[C@H]1C. The standard InChI is InChI=1S/C20H26BrNO4/c1-13-5-4-6-17(14(13)2)22-19(23)12-26-20(24)10-7-15-11-16(21)8-9-18(15)25-3/h7-11,13-14,17H,4-6,12H2,1-3H3,(H,22,23)/b10-7+/t13-,14+,17+/m0/s1. The molecule has 0 heterocycles. The third kappa shape index (κ3) is 5.87. The number of ether oxygens (including phenoxy) is 2. The molecule has 142 valence electrons. The molecule has 26 heavy (non-hydrogen) atoms. The fourth-order valence-electron chi connectivity index (χ4n) is 3.21. The van der Waals surface area contributed by atoms with Crippen molar-refractivity contribution in [3.05, 3.63) is 34.3 Å². The van der Waals surface area contributed by atoms with E-state index in [-0.39, 0.29) is 18.6 Å². The summed E-state index contributed by atoms with van der Waals surface area (Å²) in [5.41, 5.74) is 0.744. The van der Waals surface area contributed by atoms with E-state index >= 15 is 0 Å². The monoisotopic (exact) mass is 423 g/mol. The minimum atomic E-state index is -0.563. The molecule has 2 rings (SSSR count). The number of halogens is 1. The van der Waals surface area contributed by atoms with Crippen LogP contribution in [0.25, 0.3) is 6.08 Å². The summed E-state index contributed by atoms with van der Waals surface area (Å²) in [4.78, 5) is 23.9. The highest BCUT2D eigenvalue weighted by Crippen LogP contribution is 2.29. The maximum atomic E-state index is 12.0. The zero-order chi connectivity index (χ0) is 19.1. The summed E-state index contributed by atoms with van der Waals surface area (Å²) in [7, 11) is 1.57. The smallest absolute Gasteiger partial charge is 0.331 e. The van der Waals surface area contributed by atoms with Gasteiger partial charge in [0.25, 0.3) is 5.91 Å². The van der Waals surface area contributed by atoms with Gasteiger partial charge in [-0.3, -0.25) is 4.79 Å². The fraction of sp³-hybridized carbons (Fsp3) is 0.500. The number of hydrogen-bond acceptors (Lipinski definition) is 4. The van der Waals surface area contributed by atoms with Gasteiger partial charge in [0, 0.05) is 22.2 Å². The second kappa shape index (κ2) is 9.76. The van der Waals surface area contributed by atoms with Crippen LogP contribution in [0.2, 0.25) is 0 Å². The molecule has 1 amide bonds. The average molecular weight is 424 g/mol. The van der Waals surface area contributed by atoms with E-state index in [1.54, 1.807) is 19.3 Å². The predicted molar refractivity (Wildman–Crippen MR) is 105 cm³/mol. The third-order valence-electron chi connectivity index (χ3n) is 4.99. The molecule has 1 aliphatic rings. The van der Waals surface area contributed by atoms with Crippen LogP contribution in [-0.4, -0.2) is 31.6 Å². The molecule has 1 fully saturated rings. The van der Waals surface area contributed by atoms with Crippen LogP contribution in [0.4, 0.5) is 0 Å². The maximum Gasteiger partial charge on any atom is 0.331 e. The summed E-state index contributed by atoms with van der Waals surface area (Å²) in [6.07, 6.45) is 6.20. The number of methoxy groups -OCH3 is 1. The number of rotatable bonds is 6. The van der Waals surface area contributed by atoms with Crippen molar-refractivity contribution >= 4 is 33.9 Å². The molecule has 0 spiro atoms. The molecule has 1 aromatic rings. The molecule has 6 heteroatoms. The van der Waals surface area contributed by atoms with Crippen molar-refractivity contribution in [1.29, 1.82) is 0 Å². The van der Waals surface area contributed by atoms with Gasteiger partial charge in [0.2, 0.25) is 0 Å². The first-order valence-corrected chi connectivity index (χ1v) is 9.67. The molecule has 0 saturated heterocycles. The first-order chi connectivity index (χ1) is 12.4. The molecule has 5 nitrogen and oxygen atoms in total. The Morgan fingerprint density at radius 2 is 2.08 bits per heavy atom. The van der Waals surface area contributed by atoms with Gasteiger partial charge in [-0.1, -0.05) is 42.6 Å². The van der Waals surface area contributed by atoms with E-state index in [1.165, 1.54) is 12.5 Å². The molecule has 1 aliphatic carbocycles. The summed E-state index contributed by atoms with van der Waals surface area (Å²) in [5, 5.41) is 2.99. The largest absolute Gasteiger partial charge is 0.496 e. The van der Waals surface area contributed by atoms with Crippen LogP contribution in [0.5, 0.6) is 5.75 Å². The minimum absolute atomic E-state index is 0.159. The fourth-order valence-corrected chi connectivity index (χ4v) is 3.59. The number of hydrogen-bond donors (Lipinski definition) is 1. The molecular formula is C20H26BrNO4. The first-order valence-electron chi connectivity index (χ1n) is 8.88. The Balaban J connectivity index is 1.83. The van der Waals surface area contributed by atoms with Crippen molar-refractivity contribution in [2.45, 2.75) is 39.2 Å². The van der Waals surface area contributed by atoms with Gasteiger partial charge in [-0.25, -0.2) is 4.79 Å². The summed E-state index contributed by atoms with van der Waals surface area (Å²) in [6.45, 7) is 4.11. The summed E-state index contributed by atoms with van der Waals surface area (Å²) < 4.78 is 11.2. The van der Waals surface area contributed by atoms with E-state index in [9.17, 15) is 9.59 Å². The molecule has 1 N–H and O–H groups in total. The van der Waals surface area contributed by atoms with Gasteiger partial charge in [-0.15, -0.1) is 0 Å². The first kappa shape index (κ1) is 20.5. The van der Waals surface area contributed by atoms with Gasteiger partial charge in [0.05, 0.1) is 7.11 Å². The van der Waals surface area contributed by atoms with E-state index in [0.717, 1.165) is 22.9 Å². The lowest BCUT2D eigenvalue weighted by Crippen LogP contribution is -2.45. The van der Waals surface area contributed by atoms with Gasteiger partial charge in [0.15, 0.2) is 6.61 Å². The van der Waals surface area contributed by atoms with Crippen LogP contribution in [-0.2, 0) is 14.3 Å². The highest BCUT2D eigenvalue weighted by atomic mass is 79.9. The minimum Gasteiger partial charge on any atom is -0.496 e. The van der Waals surface area contributed by atoms with E-state index in [0.29, 0.717) is 17.6 Å². The number of esters is 1. The van der Waals surface area contributed by atoms with Crippen LogP contribution in [0.3, 0.4) is 0 Å². The third-order valence-corrected chi connectivity index (χ3v) is 5.48. The van der Waals surface area contributed by atoms with Crippen LogP contribution in [0.15, 0.2) is 28.7 Å². The van der Waals surface area contributed by atoms with Crippen molar-refractivity contribution < 1.29 is 19.1 Å². The average Bonchev–Trinajstić information content (AvgIpc) is 2.62. The highest BCUT2D eigenvalue weighted by Gasteiger charge is 2.28. The molecule has 0 unspecified atom stereocenters. The molecular weight excluding hydrogens is 398 g/mol. The molecule has 0 bridgehead atoms. The molecule has 1 aromatic carbocycles. The number of nitrogens with one attached hydrogen (secondary N) is 1. The zero-order valence-corrected chi connectivity index (χ0v) is 17.0. The van der Waals surface area contributed by atoms with Crippen molar-refractivity contribution in [3.8, 4) is 5.75 Å². The van der Waals surface area contributed by atoms with Crippen molar-refractivity contribution in [1.82, 2.24) is 5.32 Å². The molecule has 3 atom stereocenters. The van der Waals surface area contributed by atoms with Gasteiger partial charge >= 0.3 is 5.97 Å². The topological polar surface area (TPSA) is 64.6 Å². The van der Waals surface area contributed by atoms with E-state index < -0.39 is 5.97 Å². The lowest BCUT2D eigenvalue weighted by molar-refractivity contribution is -0.144. The Labute approximate surface area is 163 Å². The molecule has 0 aliphatic heterocycles. The Bertz CT molecular complexity index is 674. The van der Waals surface area contributed by atoms with Gasteiger partial charge in [0.1, 0.15) is 5.75 Å². The van der Waals surface area contributed by atoms with Gasteiger partial charge in [-0.05, 0) is 42.5 Å². The second-order valence-corrected chi connectivity index (χ2v) is 7.68. The van der Waals surface area contributed by atoms with E-state index in [4.69, 9.17) is 9.47 Å². The highest BCUT2D eigenvalue weighted by molar-refractivity contribution is 9.10. The number of carbonyl (C=O) groups excluding carboxylic acids is 2. The van der Waals surface area contributed by atoms with Crippen molar-refractivity contribution in [2.75, 3.05) is 13.7 Å². The zero-order valence-electron chi connectivity index (χ0n) is 15.5. The number of benzene rings is 1. The summed E-state index contributed by atoms with van der Waals surface area (Å²) >= 11 is 3.38. The van der Waals surface area contributed by atoms with Crippen LogP contribution < -0.4 is 10.1 Å². The van der Waals surface area contributed by atoms with Crippen LogP contribution in [0.1, 0.15) is 38.7 Å². The Morgan fingerprint density at radius 1 is 1.31 bits per heavy atom. The summed E-state index contributed by atoms with van der Waals surface area (Å²) in [5.74, 6) is 0.868.